The summed E-state index contributed by atoms with van der Waals surface area (Å²) in [6.45, 7) is 1.39. The van der Waals surface area contributed by atoms with Gasteiger partial charge in [0.15, 0.2) is 6.10 Å². The van der Waals surface area contributed by atoms with Crippen molar-refractivity contribution in [3.63, 3.8) is 0 Å². The molecule has 4 nitrogen and oxygen atoms in total. The SMILES string of the molecule is CC(OC(=O)c1c(F)cccc1Cl)C(=O)Nc1ccc(Br)cc1. The molecule has 2 rings (SSSR count). The van der Waals surface area contributed by atoms with Gasteiger partial charge in [-0.2, -0.15) is 0 Å². The molecule has 0 aromatic heterocycles. The maximum atomic E-state index is 13.6. The van der Waals surface area contributed by atoms with Gasteiger partial charge in [0.05, 0.1) is 5.02 Å². The first-order chi connectivity index (χ1) is 10.9. The van der Waals surface area contributed by atoms with Crippen molar-refractivity contribution in [3.05, 3.63) is 63.3 Å². The molecule has 2 aromatic carbocycles. The van der Waals surface area contributed by atoms with Crippen LogP contribution < -0.4 is 5.32 Å². The quantitative estimate of drug-likeness (QED) is 0.773. The topological polar surface area (TPSA) is 55.4 Å². The highest BCUT2D eigenvalue weighted by atomic mass is 79.9. The summed E-state index contributed by atoms with van der Waals surface area (Å²) >= 11 is 9.07. The van der Waals surface area contributed by atoms with Gasteiger partial charge in [0.25, 0.3) is 5.91 Å². The van der Waals surface area contributed by atoms with E-state index in [-0.39, 0.29) is 5.02 Å². The molecule has 0 aliphatic carbocycles. The Balaban J connectivity index is 2.03. The van der Waals surface area contributed by atoms with Crippen molar-refractivity contribution < 1.29 is 18.7 Å². The maximum Gasteiger partial charge on any atom is 0.343 e. The monoisotopic (exact) mass is 399 g/mol. The van der Waals surface area contributed by atoms with Gasteiger partial charge in [-0.1, -0.05) is 33.6 Å². The lowest BCUT2D eigenvalue weighted by Crippen LogP contribution is -2.30. The number of anilines is 1. The van der Waals surface area contributed by atoms with Gasteiger partial charge in [-0.25, -0.2) is 9.18 Å². The largest absolute Gasteiger partial charge is 0.449 e. The van der Waals surface area contributed by atoms with Crippen LogP contribution in [0.1, 0.15) is 17.3 Å². The molecule has 2 aromatic rings. The van der Waals surface area contributed by atoms with E-state index in [0.29, 0.717) is 5.69 Å². The molecule has 120 valence electrons. The summed E-state index contributed by atoms with van der Waals surface area (Å²) in [4.78, 5) is 24.0. The maximum absolute atomic E-state index is 13.6. The highest BCUT2D eigenvalue weighted by Crippen LogP contribution is 2.21. The number of amides is 1. The second-order valence-corrected chi connectivity index (χ2v) is 5.96. The minimum atomic E-state index is -1.11. The molecule has 0 radical (unpaired) electrons. The molecule has 0 fully saturated rings. The van der Waals surface area contributed by atoms with Crippen LogP contribution in [0.15, 0.2) is 46.9 Å². The number of esters is 1. The lowest BCUT2D eigenvalue weighted by Gasteiger charge is -2.14. The average Bonchev–Trinajstić information content (AvgIpc) is 2.49. The van der Waals surface area contributed by atoms with Crippen molar-refractivity contribution in [2.24, 2.45) is 0 Å². The molecule has 1 N–H and O–H groups in total. The fourth-order valence-electron chi connectivity index (χ4n) is 1.74. The van der Waals surface area contributed by atoms with E-state index in [1.54, 1.807) is 24.3 Å². The van der Waals surface area contributed by atoms with E-state index in [9.17, 15) is 14.0 Å². The lowest BCUT2D eigenvalue weighted by atomic mass is 10.2. The van der Waals surface area contributed by atoms with Gasteiger partial charge in [0.1, 0.15) is 11.4 Å². The standard InChI is InChI=1S/C16H12BrClFNO3/c1-9(15(21)20-11-7-5-10(17)6-8-11)23-16(22)14-12(18)3-2-4-13(14)19/h2-9H,1H3,(H,20,21). The minimum Gasteiger partial charge on any atom is -0.449 e. The molecular weight excluding hydrogens is 389 g/mol. The predicted octanol–water partition coefficient (Wildman–Crippen LogP) is 4.43. The number of halogens is 3. The lowest BCUT2D eigenvalue weighted by molar-refractivity contribution is -0.123. The Labute approximate surface area is 145 Å². The summed E-state index contributed by atoms with van der Waals surface area (Å²) in [6.07, 6.45) is -1.11. The smallest absolute Gasteiger partial charge is 0.343 e. The first-order valence-electron chi connectivity index (χ1n) is 6.60. The highest BCUT2D eigenvalue weighted by Gasteiger charge is 2.23. The summed E-state index contributed by atoms with van der Waals surface area (Å²) in [5.41, 5.74) is 0.155. The van der Waals surface area contributed by atoms with Crippen LogP contribution in [0.3, 0.4) is 0 Å². The minimum absolute atomic E-state index is 0.0736. The number of carbonyl (C=O) groups is 2. The Morgan fingerprint density at radius 3 is 2.48 bits per heavy atom. The molecule has 1 amide bonds. The first kappa shape index (κ1) is 17.4. The van der Waals surface area contributed by atoms with Crippen LogP contribution >= 0.6 is 27.5 Å². The average molecular weight is 401 g/mol. The Bertz CT molecular complexity index is 716. The summed E-state index contributed by atoms with van der Waals surface area (Å²) in [6, 6.07) is 10.7. The highest BCUT2D eigenvalue weighted by molar-refractivity contribution is 9.10. The van der Waals surface area contributed by atoms with Gasteiger partial charge in [-0.15, -0.1) is 0 Å². The third kappa shape index (κ3) is 4.53. The Kier molecular flexibility index (Phi) is 5.74. The zero-order valence-corrected chi connectivity index (χ0v) is 14.3. The van der Waals surface area contributed by atoms with Crippen LogP contribution in [-0.4, -0.2) is 18.0 Å². The summed E-state index contributed by atoms with van der Waals surface area (Å²) in [5, 5.41) is 2.52. The van der Waals surface area contributed by atoms with Gasteiger partial charge in [-0.05, 0) is 43.3 Å². The van der Waals surface area contributed by atoms with Crippen LogP contribution in [0.2, 0.25) is 5.02 Å². The van der Waals surface area contributed by atoms with Crippen LogP contribution in [0.4, 0.5) is 10.1 Å². The molecule has 0 aliphatic rings. The van der Waals surface area contributed by atoms with Crippen LogP contribution in [0.25, 0.3) is 0 Å². The fraction of sp³-hybridized carbons (Fsp3) is 0.125. The van der Waals surface area contributed by atoms with E-state index in [1.165, 1.54) is 19.1 Å². The van der Waals surface area contributed by atoms with Crippen molar-refractivity contribution >= 4 is 45.1 Å². The number of rotatable bonds is 4. The van der Waals surface area contributed by atoms with E-state index < -0.39 is 29.4 Å². The second kappa shape index (κ2) is 7.57. The zero-order chi connectivity index (χ0) is 17.0. The van der Waals surface area contributed by atoms with E-state index >= 15 is 0 Å². The number of hydrogen-bond donors (Lipinski definition) is 1. The molecule has 7 heteroatoms. The van der Waals surface area contributed by atoms with Gasteiger partial charge in [0.2, 0.25) is 0 Å². The van der Waals surface area contributed by atoms with Gasteiger partial charge in [0, 0.05) is 10.2 Å². The molecule has 0 bridgehead atoms. The van der Waals surface area contributed by atoms with Crippen molar-refractivity contribution in [2.75, 3.05) is 5.32 Å². The third-order valence-corrected chi connectivity index (χ3v) is 3.78. The summed E-state index contributed by atoms with van der Waals surface area (Å²) < 4.78 is 19.5. The summed E-state index contributed by atoms with van der Waals surface area (Å²) in [7, 11) is 0. The number of carbonyl (C=O) groups excluding carboxylic acids is 2. The Morgan fingerprint density at radius 2 is 1.87 bits per heavy atom. The molecule has 23 heavy (non-hydrogen) atoms. The number of hydrogen-bond acceptors (Lipinski definition) is 3. The second-order valence-electron chi connectivity index (χ2n) is 4.64. The van der Waals surface area contributed by atoms with Crippen molar-refractivity contribution in [2.45, 2.75) is 13.0 Å². The molecule has 1 unspecified atom stereocenters. The summed E-state index contributed by atoms with van der Waals surface area (Å²) in [5.74, 6) is -2.33. The van der Waals surface area contributed by atoms with Gasteiger partial charge in [-0.3, -0.25) is 4.79 Å². The Morgan fingerprint density at radius 1 is 1.22 bits per heavy atom. The molecular formula is C16H12BrClFNO3. The molecule has 0 saturated carbocycles. The number of nitrogens with one attached hydrogen (secondary N) is 1. The first-order valence-corrected chi connectivity index (χ1v) is 7.77. The van der Waals surface area contributed by atoms with E-state index in [2.05, 4.69) is 21.2 Å². The number of benzene rings is 2. The van der Waals surface area contributed by atoms with E-state index in [0.717, 1.165) is 10.5 Å². The Hall–Kier alpha value is -1.92. The third-order valence-electron chi connectivity index (χ3n) is 2.93. The van der Waals surface area contributed by atoms with Crippen LogP contribution in [0.5, 0.6) is 0 Å². The van der Waals surface area contributed by atoms with Gasteiger partial charge >= 0.3 is 5.97 Å². The van der Waals surface area contributed by atoms with Gasteiger partial charge < -0.3 is 10.1 Å². The number of ether oxygens (including phenoxy) is 1. The normalized spacial score (nSPS) is 11.7. The van der Waals surface area contributed by atoms with E-state index in [4.69, 9.17) is 16.3 Å². The molecule has 0 heterocycles. The molecule has 0 saturated heterocycles. The van der Waals surface area contributed by atoms with E-state index in [1.807, 2.05) is 0 Å². The van der Waals surface area contributed by atoms with Crippen molar-refractivity contribution in [1.29, 1.82) is 0 Å². The molecule has 1 atom stereocenters. The van der Waals surface area contributed by atoms with Crippen molar-refractivity contribution in [1.82, 2.24) is 0 Å². The predicted molar refractivity (Wildman–Crippen MR) is 89.1 cm³/mol. The molecule has 0 spiro atoms. The molecule has 0 aliphatic heterocycles. The fourth-order valence-corrected chi connectivity index (χ4v) is 2.25. The van der Waals surface area contributed by atoms with Crippen molar-refractivity contribution in [3.8, 4) is 0 Å². The van der Waals surface area contributed by atoms with Crippen LogP contribution in [-0.2, 0) is 9.53 Å². The van der Waals surface area contributed by atoms with Crippen LogP contribution in [0, 0.1) is 5.82 Å². The zero-order valence-electron chi connectivity index (χ0n) is 12.0.